The van der Waals surface area contributed by atoms with E-state index in [4.69, 9.17) is 14.7 Å². The fourth-order valence-electron chi connectivity index (χ4n) is 3.73. The lowest BCUT2D eigenvalue weighted by Crippen LogP contribution is -2.04. The average Bonchev–Trinajstić information content (AvgIpc) is 3.02. The van der Waals surface area contributed by atoms with Gasteiger partial charge in [-0.25, -0.2) is 20.2 Å². The van der Waals surface area contributed by atoms with Gasteiger partial charge in [-0.2, -0.15) is 5.10 Å². The van der Waals surface area contributed by atoms with Crippen molar-refractivity contribution in [1.29, 1.82) is 0 Å². The summed E-state index contributed by atoms with van der Waals surface area (Å²) in [6.07, 6.45) is 0. The predicted molar refractivity (Wildman–Crippen MR) is 152 cm³/mol. The normalized spacial score (nSPS) is 11.4. The number of anilines is 1. The van der Waals surface area contributed by atoms with E-state index in [2.05, 4.69) is 20.8 Å². The van der Waals surface area contributed by atoms with Gasteiger partial charge in [-0.05, 0) is 30.3 Å². The molecule has 8 heteroatoms. The molecule has 8 nitrogen and oxygen atoms in total. The summed E-state index contributed by atoms with van der Waals surface area (Å²) in [6, 6.07) is 37.9. The number of esters is 1. The van der Waals surface area contributed by atoms with Gasteiger partial charge in [0.2, 0.25) is 11.8 Å². The molecule has 0 saturated carbocycles. The number of hydrazone groups is 1. The molecular weight excluding hydrogens is 488 g/mol. The molecule has 0 amide bonds. The Morgan fingerprint density at radius 2 is 1.23 bits per heavy atom. The van der Waals surface area contributed by atoms with E-state index in [1.807, 2.05) is 97.1 Å². The van der Waals surface area contributed by atoms with Crippen LogP contribution in [0.2, 0.25) is 0 Å². The average molecular weight is 513 g/mol. The number of amidine groups is 1. The van der Waals surface area contributed by atoms with Crippen molar-refractivity contribution in [2.24, 2.45) is 15.3 Å². The summed E-state index contributed by atoms with van der Waals surface area (Å²) in [5, 5.41) is 13.2. The molecule has 0 aliphatic heterocycles. The number of carbonyl (C=O) groups excluding carboxylic acids is 1. The first-order chi connectivity index (χ1) is 19.2. The van der Waals surface area contributed by atoms with Gasteiger partial charge in [-0.3, -0.25) is 0 Å². The van der Waals surface area contributed by atoms with Crippen molar-refractivity contribution < 1.29 is 9.53 Å². The Hall–Kier alpha value is -5.50. The van der Waals surface area contributed by atoms with Crippen molar-refractivity contribution in [3.63, 3.8) is 0 Å². The minimum atomic E-state index is -0.415. The molecule has 1 aromatic heterocycles. The molecule has 190 valence electrons. The van der Waals surface area contributed by atoms with Crippen molar-refractivity contribution in [3.05, 3.63) is 132 Å². The van der Waals surface area contributed by atoms with Gasteiger partial charge in [-0.1, -0.05) is 91.0 Å². The highest BCUT2D eigenvalue weighted by Gasteiger charge is 2.10. The van der Waals surface area contributed by atoms with Crippen LogP contribution in [0.4, 0.5) is 11.6 Å². The Kier molecular flexibility index (Phi) is 7.84. The van der Waals surface area contributed by atoms with Crippen LogP contribution in [0.5, 0.6) is 0 Å². The lowest BCUT2D eigenvalue weighted by Gasteiger charge is -2.09. The van der Waals surface area contributed by atoms with Crippen LogP contribution in [0.1, 0.15) is 15.9 Å². The number of hydrogen-bond acceptors (Lipinski definition) is 7. The minimum Gasteiger partial charge on any atom is -0.465 e. The van der Waals surface area contributed by atoms with E-state index in [-0.39, 0.29) is 0 Å². The smallest absolute Gasteiger partial charge is 0.337 e. The first kappa shape index (κ1) is 25.2. The summed E-state index contributed by atoms with van der Waals surface area (Å²) in [5.74, 6) is 0.241. The number of aromatic nitrogens is 2. The summed E-state index contributed by atoms with van der Waals surface area (Å²) in [5.41, 5.74) is 8.16. The van der Waals surface area contributed by atoms with Crippen LogP contribution in [-0.4, -0.2) is 28.9 Å². The largest absolute Gasteiger partial charge is 0.465 e. The van der Waals surface area contributed by atoms with Crippen LogP contribution in [0.3, 0.4) is 0 Å². The molecule has 0 unspecified atom stereocenters. The van der Waals surface area contributed by atoms with Crippen molar-refractivity contribution in [3.8, 4) is 22.5 Å². The molecule has 0 aliphatic carbocycles. The quantitative estimate of drug-likeness (QED) is 0.0820. The molecule has 0 saturated heterocycles. The minimum absolute atomic E-state index is 0.321. The highest BCUT2D eigenvalue weighted by atomic mass is 16.5. The number of carbonyl (C=O) groups is 1. The summed E-state index contributed by atoms with van der Waals surface area (Å²) in [4.78, 5) is 21.1. The second kappa shape index (κ2) is 12.2. The molecular formula is C31H24N6O2. The fraction of sp³-hybridized carbons (Fsp3) is 0.0323. The van der Waals surface area contributed by atoms with E-state index >= 15 is 0 Å². The molecule has 5 rings (SSSR count). The standard InChI is InChI=1S/C31H24N6O2/c1-39-30(38)25-17-19-26(20-18-25)34-35-29(24-15-9-4-10-16-24)36-37-31-32-27(22-11-5-2-6-12-22)21-28(33-31)23-13-7-3-8-14-23/h2-21H,1H3,(H,32,33,37)/b35-34?,36-29+. The Labute approximate surface area is 225 Å². The van der Waals surface area contributed by atoms with Crippen LogP contribution >= 0.6 is 0 Å². The fourth-order valence-corrected chi connectivity index (χ4v) is 3.73. The monoisotopic (exact) mass is 512 g/mol. The van der Waals surface area contributed by atoms with Crippen LogP contribution in [0, 0.1) is 0 Å². The van der Waals surface area contributed by atoms with Gasteiger partial charge in [-0.15, -0.1) is 10.2 Å². The predicted octanol–water partition coefficient (Wildman–Crippen LogP) is 7.15. The van der Waals surface area contributed by atoms with E-state index in [1.165, 1.54) is 7.11 Å². The first-order valence-electron chi connectivity index (χ1n) is 12.2. The zero-order valence-corrected chi connectivity index (χ0v) is 21.1. The molecule has 0 atom stereocenters. The molecule has 0 spiro atoms. The van der Waals surface area contributed by atoms with Crippen LogP contribution in [0.15, 0.2) is 137 Å². The Bertz CT molecular complexity index is 1550. The Balaban J connectivity index is 1.49. The third-order valence-electron chi connectivity index (χ3n) is 5.71. The van der Waals surface area contributed by atoms with E-state index in [9.17, 15) is 4.79 Å². The second-order valence-electron chi connectivity index (χ2n) is 8.35. The molecule has 0 radical (unpaired) electrons. The summed E-state index contributed by atoms with van der Waals surface area (Å²) < 4.78 is 4.75. The number of azo groups is 1. The number of ether oxygens (including phenoxy) is 1. The maximum absolute atomic E-state index is 11.7. The van der Waals surface area contributed by atoms with Gasteiger partial charge < -0.3 is 4.74 Å². The lowest BCUT2D eigenvalue weighted by molar-refractivity contribution is 0.0600. The van der Waals surface area contributed by atoms with Gasteiger partial charge in [0.05, 0.1) is 29.7 Å². The van der Waals surface area contributed by atoms with E-state index in [0.717, 1.165) is 28.1 Å². The van der Waals surface area contributed by atoms with E-state index in [1.54, 1.807) is 24.3 Å². The number of hydrogen-bond donors (Lipinski definition) is 1. The number of nitrogens with zero attached hydrogens (tertiary/aromatic N) is 5. The highest BCUT2D eigenvalue weighted by Crippen LogP contribution is 2.25. The molecule has 0 aliphatic rings. The van der Waals surface area contributed by atoms with E-state index in [0.29, 0.717) is 23.0 Å². The molecule has 39 heavy (non-hydrogen) atoms. The van der Waals surface area contributed by atoms with Crippen LogP contribution in [0.25, 0.3) is 22.5 Å². The van der Waals surface area contributed by atoms with Gasteiger partial charge in [0.25, 0.3) is 0 Å². The number of rotatable bonds is 7. The first-order valence-corrected chi connectivity index (χ1v) is 12.2. The topological polar surface area (TPSA) is 101 Å². The Morgan fingerprint density at radius 3 is 1.77 bits per heavy atom. The molecule has 0 bridgehead atoms. The number of methoxy groups -OCH3 is 1. The zero-order chi connectivity index (χ0) is 26.9. The van der Waals surface area contributed by atoms with Gasteiger partial charge in [0.1, 0.15) is 0 Å². The summed E-state index contributed by atoms with van der Waals surface area (Å²) in [7, 11) is 1.34. The third kappa shape index (κ3) is 6.44. The maximum atomic E-state index is 11.7. The van der Waals surface area contributed by atoms with Gasteiger partial charge in [0, 0.05) is 16.7 Å². The SMILES string of the molecule is COC(=O)c1ccc(N=N/C(=N/Nc2nc(-c3ccccc3)cc(-c3ccccc3)n2)c2ccccc2)cc1. The maximum Gasteiger partial charge on any atom is 0.337 e. The van der Waals surface area contributed by atoms with E-state index < -0.39 is 5.97 Å². The molecule has 0 fully saturated rings. The Morgan fingerprint density at radius 1 is 0.692 bits per heavy atom. The number of benzene rings is 4. The molecule has 5 aromatic rings. The van der Waals surface area contributed by atoms with Crippen LogP contribution < -0.4 is 5.43 Å². The zero-order valence-electron chi connectivity index (χ0n) is 21.1. The van der Waals surface area contributed by atoms with Crippen molar-refractivity contribution in [2.75, 3.05) is 12.5 Å². The van der Waals surface area contributed by atoms with Gasteiger partial charge >= 0.3 is 5.97 Å². The van der Waals surface area contributed by atoms with Gasteiger partial charge in [0.15, 0.2) is 0 Å². The second-order valence-corrected chi connectivity index (χ2v) is 8.35. The lowest BCUT2D eigenvalue weighted by atomic mass is 10.1. The number of nitrogens with one attached hydrogen (secondary N) is 1. The summed E-state index contributed by atoms with van der Waals surface area (Å²) in [6.45, 7) is 0. The highest BCUT2D eigenvalue weighted by molar-refractivity contribution is 5.99. The molecule has 1 heterocycles. The third-order valence-corrected chi connectivity index (χ3v) is 5.71. The van der Waals surface area contributed by atoms with Crippen molar-refractivity contribution in [2.45, 2.75) is 0 Å². The molecule has 1 N–H and O–H groups in total. The summed E-state index contributed by atoms with van der Waals surface area (Å²) >= 11 is 0. The molecule has 4 aromatic carbocycles. The van der Waals surface area contributed by atoms with Crippen LogP contribution in [-0.2, 0) is 4.74 Å². The van der Waals surface area contributed by atoms with Crippen molar-refractivity contribution >= 4 is 23.4 Å². The van der Waals surface area contributed by atoms with Crippen molar-refractivity contribution in [1.82, 2.24) is 9.97 Å².